The third-order valence-corrected chi connectivity index (χ3v) is 2.12. The summed E-state index contributed by atoms with van der Waals surface area (Å²) < 4.78 is 0. The molecule has 0 saturated carbocycles. The monoisotopic (exact) mass is 277 g/mol. The van der Waals surface area contributed by atoms with Crippen LogP contribution < -0.4 is 10.6 Å². The van der Waals surface area contributed by atoms with Gasteiger partial charge in [-0.3, -0.25) is 4.79 Å². The summed E-state index contributed by atoms with van der Waals surface area (Å²) in [6, 6.07) is 0. The predicted octanol–water partition coefficient (Wildman–Crippen LogP) is 1.13. The molecule has 0 radical (unpaired) electrons. The Balaban J connectivity index is 2.98. The van der Waals surface area contributed by atoms with Crippen molar-refractivity contribution < 1.29 is 4.79 Å². The van der Waals surface area contributed by atoms with Crippen molar-refractivity contribution in [1.82, 2.24) is 15.0 Å². The highest BCUT2D eigenvalue weighted by molar-refractivity contribution is 6.31. The zero-order chi connectivity index (χ0) is 13.0. The SMILES string of the molecule is CC(C)CN(CC(N)=O)c1nc(Cl)nc(Cl)n1. The molecule has 0 spiro atoms. The lowest BCUT2D eigenvalue weighted by molar-refractivity contribution is -0.116. The van der Waals surface area contributed by atoms with E-state index in [0.29, 0.717) is 12.5 Å². The van der Waals surface area contributed by atoms with Crippen molar-refractivity contribution in [3.8, 4) is 0 Å². The molecule has 1 aromatic rings. The molecule has 0 saturated heterocycles. The van der Waals surface area contributed by atoms with Crippen LogP contribution in [0.4, 0.5) is 5.95 Å². The van der Waals surface area contributed by atoms with Crippen molar-refractivity contribution in [3.05, 3.63) is 10.6 Å². The molecule has 94 valence electrons. The fourth-order valence-electron chi connectivity index (χ4n) is 1.30. The first kappa shape index (κ1) is 13.9. The topological polar surface area (TPSA) is 85.0 Å². The second kappa shape index (κ2) is 5.97. The van der Waals surface area contributed by atoms with Gasteiger partial charge in [0.05, 0.1) is 6.54 Å². The van der Waals surface area contributed by atoms with Gasteiger partial charge in [0.15, 0.2) is 0 Å². The molecule has 17 heavy (non-hydrogen) atoms. The van der Waals surface area contributed by atoms with E-state index in [1.807, 2.05) is 13.8 Å². The summed E-state index contributed by atoms with van der Waals surface area (Å²) in [5.41, 5.74) is 5.16. The van der Waals surface area contributed by atoms with Gasteiger partial charge in [-0.05, 0) is 29.1 Å². The Morgan fingerprint density at radius 3 is 2.24 bits per heavy atom. The van der Waals surface area contributed by atoms with Crippen molar-refractivity contribution in [3.63, 3.8) is 0 Å². The Hall–Kier alpha value is -1.14. The largest absolute Gasteiger partial charge is 0.368 e. The van der Waals surface area contributed by atoms with Gasteiger partial charge in [-0.1, -0.05) is 13.8 Å². The second-order valence-corrected chi connectivity index (χ2v) is 4.59. The molecule has 8 heteroatoms. The van der Waals surface area contributed by atoms with Gasteiger partial charge < -0.3 is 10.6 Å². The van der Waals surface area contributed by atoms with E-state index in [9.17, 15) is 4.79 Å². The summed E-state index contributed by atoms with van der Waals surface area (Å²) in [5, 5.41) is -0.0311. The molecule has 1 heterocycles. The molecular weight excluding hydrogens is 265 g/mol. The first-order valence-corrected chi connectivity index (χ1v) is 5.74. The molecule has 2 N–H and O–H groups in total. The first-order valence-electron chi connectivity index (χ1n) is 4.98. The minimum Gasteiger partial charge on any atom is -0.368 e. The van der Waals surface area contributed by atoms with E-state index in [2.05, 4.69) is 15.0 Å². The summed E-state index contributed by atoms with van der Waals surface area (Å²) in [5.74, 6) is 0.0875. The van der Waals surface area contributed by atoms with Gasteiger partial charge >= 0.3 is 0 Å². The molecule has 0 aromatic carbocycles. The normalized spacial score (nSPS) is 10.6. The molecule has 6 nitrogen and oxygen atoms in total. The average Bonchev–Trinajstić information content (AvgIpc) is 2.13. The second-order valence-electron chi connectivity index (χ2n) is 3.91. The van der Waals surface area contributed by atoms with Crippen LogP contribution in [-0.4, -0.2) is 33.9 Å². The van der Waals surface area contributed by atoms with E-state index < -0.39 is 5.91 Å². The smallest absolute Gasteiger partial charge is 0.237 e. The molecule has 0 fully saturated rings. The van der Waals surface area contributed by atoms with Crippen LogP contribution >= 0.6 is 23.2 Å². The number of rotatable bonds is 5. The maximum Gasteiger partial charge on any atom is 0.237 e. The van der Waals surface area contributed by atoms with E-state index in [1.165, 1.54) is 0 Å². The molecule has 0 bridgehead atoms. The summed E-state index contributed by atoms with van der Waals surface area (Å²) in [6.07, 6.45) is 0. The number of anilines is 1. The van der Waals surface area contributed by atoms with E-state index in [4.69, 9.17) is 28.9 Å². The standard InChI is InChI=1S/C9H13Cl2N5O/c1-5(2)3-16(4-6(12)17)9-14-7(10)13-8(11)15-9/h5H,3-4H2,1-2H3,(H2,12,17). The Morgan fingerprint density at radius 2 is 1.82 bits per heavy atom. The van der Waals surface area contributed by atoms with Gasteiger partial charge in [0.1, 0.15) is 0 Å². The highest BCUT2D eigenvalue weighted by Gasteiger charge is 2.15. The number of nitrogens with two attached hydrogens (primary N) is 1. The summed E-state index contributed by atoms with van der Waals surface area (Å²) in [7, 11) is 0. The van der Waals surface area contributed by atoms with Crippen molar-refractivity contribution in [2.75, 3.05) is 18.0 Å². The highest BCUT2D eigenvalue weighted by Crippen LogP contribution is 2.14. The maximum absolute atomic E-state index is 11.0. The van der Waals surface area contributed by atoms with Crippen molar-refractivity contribution in [2.24, 2.45) is 11.7 Å². The minimum absolute atomic E-state index is 0.00878. The molecule has 1 amide bonds. The number of aromatic nitrogens is 3. The Kier molecular flexibility index (Phi) is 4.89. The van der Waals surface area contributed by atoms with E-state index >= 15 is 0 Å². The summed E-state index contributed by atoms with van der Waals surface area (Å²) in [4.78, 5) is 24.1. The molecular formula is C9H13Cl2N5O. The van der Waals surface area contributed by atoms with E-state index in [0.717, 1.165) is 0 Å². The lowest BCUT2D eigenvalue weighted by Gasteiger charge is -2.22. The maximum atomic E-state index is 11.0. The van der Waals surface area contributed by atoms with Gasteiger partial charge in [0.25, 0.3) is 0 Å². The van der Waals surface area contributed by atoms with Crippen LogP contribution in [0.1, 0.15) is 13.8 Å². The number of carbonyl (C=O) groups excluding carboxylic acids is 1. The molecule has 0 atom stereocenters. The Morgan fingerprint density at radius 1 is 1.29 bits per heavy atom. The van der Waals surface area contributed by atoms with Crippen LogP contribution in [0.3, 0.4) is 0 Å². The number of primary amides is 1. The zero-order valence-corrected chi connectivity index (χ0v) is 11.0. The third kappa shape index (κ3) is 4.70. The van der Waals surface area contributed by atoms with Crippen LogP contribution in [-0.2, 0) is 4.79 Å². The van der Waals surface area contributed by atoms with Gasteiger partial charge in [0.2, 0.25) is 22.4 Å². The molecule has 0 aliphatic carbocycles. The van der Waals surface area contributed by atoms with Crippen LogP contribution in [0.2, 0.25) is 10.6 Å². The first-order chi connectivity index (χ1) is 7.88. The van der Waals surface area contributed by atoms with Crippen molar-refractivity contribution in [2.45, 2.75) is 13.8 Å². The van der Waals surface area contributed by atoms with Crippen molar-refractivity contribution in [1.29, 1.82) is 0 Å². The fourth-order valence-corrected chi connectivity index (χ4v) is 1.66. The molecule has 1 aromatic heterocycles. The lowest BCUT2D eigenvalue weighted by Crippen LogP contribution is -2.37. The summed E-state index contributed by atoms with van der Waals surface area (Å²) in [6.45, 7) is 4.57. The average molecular weight is 278 g/mol. The van der Waals surface area contributed by atoms with Gasteiger partial charge in [-0.15, -0.1) is 0 Å². The predicted molar refractivity (Wildman–Crippen MR) is 66.1 cm³/mol. The Bertz CT molecular complexity index is 392. The van der Waals surface area contributed by atoms with Crippen LogP contribution in [0.5, 0.6) is 0 Å². The number of carbonyl (C=O) groups is 1. The minimum atomic E-state index is -0.474. The fraction of sp³-hybridized carbons (Fsp3) is 0.556. The van der Waals surface area contributed by atoms with Crippen LogP contribution in [0, 0.1) is 5.92 Å². The summed E-state index contributed by atoms with van der Waals surface area (Å²) >= 11 is 11.4. The number of nitrogens with zero attached hydrogens (tertiary/aromatic N) is 4. The number of amides is 1. The zero-order valence-electron chi connectivity index (χ0n) is 9.52. The van der Waals surface area contributed by atoms with Crippen LogP contribution in [0.15, 0.2) is 0 Å². The Labute approximate surface area is 109 Å². The van der Waals surface area contributed by atoms with Gasteiger partial charge in [-0.25, -0.2) is 0 Å². The highest BCUT2D eigenvalue weighted by atomic mass is 35.5. The molecule has 0 unspecified atom stereocenters. The van der Waals surface area contributed by atoms with E-state index in [1.54, 1.807) is 4.90 Å². The quantitative estimate of drug-likeness (QED) is 0.872. The third-order valence-electron chi connectivity index (χ3n) is 1.78. The molecule has 0 aliphatic rings. The van der Waals surface area contributed by atoms with Crippen molar-refractivity contribution >= 4 is 35.1 Å². The molecule has 1 rings (SSSR count). The van der Waals surface area contributed by atoms with Gasteiger partial charge in [-0.2, -0.15) is 15.0 Å². The lowest BCUT2D eigenvalue weighted by atomic mass is 10.2. The number of hydrogen-bond donors (Lipinski definition) is 1. The van der Waals surface area contributed by atoms with Gasteiger partial charge in [0, 0.05) is 6.54 Å². The molecule has 0 aliphatic heterocycles. The number of halogens is 2. The van der Waals surface area contributed by atoms with Crippen LogP contribution in [0.25, 0.3) is 0 Å². The van der Waals surface area contributed by atoms with E-state index in [-0.39, 0.29) is 23.1 Å². The number of hydrogen-bond acceptors (Lipinski definition) is 5.